The number of aliphatic hydroxyl groups excluding tert-OH is 1. The number of hydrogen-bond donors (Lipinski definition) is 1. The number of halogens is 1. The second kappa shape index (κ2) is 8.63. The Morgan fingerprint density at radius 1 is 1.14 bits per heavy atom. The van der Waals surface area contributed by atoms with Crippen LogP contribution >= 0.6 is 23.4 Å². The molecule has 0 heterocycles. The number of thioether (sulfide) groups is 1. The van der Waals surface area contributed by atoms with Crippen LogP contribution in [0, 0.1) is 11.8 Å². The standard InChI is InChI=1S/C17H15ClO2S/c18-15-4-1-5-17(13-15)21-12-11-20-16-8-6-14(7-9-16)3-2-10-19/h1,4-9,13,19H,10-12H2. The third-order valence-corrected chi connectivity index (χ3v) is 3.78. The van der Waals surface area contributed by atoms with Gasteiger partial charge in [-0.1, -0.05) is 29.5 Å². The highest BCUT2D eigenvalue weighted by Crippen LogP contribution is 2.21. The van der Waals surface area contributed by atoms with Crippen LogP contribution in [0.3, 0.4) is 0 Å². The predicted octanol–water partition coefficient (Wildman–Crippen LogP) is 3.85. The molecule has 0 amide bonds. The lowest BCUT2D eigenvalue weighted by Gasteiger charge is -2.06. The molecule has 0 aliphatic rings. The van der Waals surface area contributed by atoms with Crippen molar-refractivity contribution >= 4 is 23.4 Å². The molecule has 21 heavy (non-hydrogen) atoms. The molecule has 0 unspecified atom stereocenters. The molecule has 0 saturated heterocycles. The van der Waals surface area contributed by atoms with E-state index in [1.54, 1.807) is 11.8 Å². The van der Waals surface area contributed by atoms with E-state index in [-0.39, 0.29) is 6.61 Å². The average molecular weight is 319 g/mol. The second-order valence-electron chi connectivity index (χ2n) is 4.14. The van der Waals surface area contributed by atoms with Crippen LogP contribution in [0.1, 0.15) is 5.56 Å². The third-order valence-electron chi connectivity index (χ3n) is 2.58. The molecule has 4 heteroatoms. The first kappa shape index (κ1) is 15.8. The first-order chi connectivity index (χ1) is 10.3. The molecule has 0 radical (unpaired) electrons. The van der Waals surface area contributed by atoms with Crippen molar-refractivity contribution in [3.05, 3.63) is 59.1 Å². The van der Waals surface area contributed by atoms with E-state index < -0.39 is 0 Å². The van der Waals surface area contributed by atoms with Gasteiger partial charge in [0.15, 0.2) is 0 Å². The van der Waals surface area contributed by atoms with E-state index in [0.717, 1.165) is 27.0 Å². The van der Waals surface area contributed by atoms with E-state index in [0.29, 0.717) is 6.61 Å². The topological polar surface area (TPSA) is 29.5 Å². The van der Waals surface area contributed by atoms with E-state index in [1.165, 1.54) is 0 Å². The zero-order valence-electron chi connectivity index (χ0n) is 11.4. The van der Waals surface area contributed by atoms with E-state index in [1.807, 2.05) is 48.5 Å². The van der Waals surface area contributed by atoms with Crippen LogP contribution in [0.5, 0.6) is 5.75 Å². The van der Waals surface area contributed by atoms with E-state index in [2.05, 4.69) is 11.8 Å². The van der Waals surface area contributed by atoms with Gasteiger partial charge >= 0.3 is 0 Å². The summed E-state index contributed by atoms with van der Waals surface area (Å²) < 4.78 is 5.67. The molecule has 0 aliphatic heterocycles. The third kappa shape index (κ3) is 5.73. The fourth-order valence-electron chi connectivity index (χ4n) is 1.65. The maximum absolute atomic E-state index is 8.63. The Kier molecular flexibility index (Phi) is 6.49. The minimum Gasteiger partial charge on any atom is -0.493 e. The molecule has 2 rings (SSSR count). The molecule has 2 nitrogen and oxygen atoms in total. The molecule has 2 aromatic carbocycles. The Balaban J connectivity index is 1.76. The van der Waals surface area contributed by atoms with Crippen LogP contribution in [-0.2, 0) is 0 Å². The van der Waals surface area contributed by atoms with Gasteiger partial charge in [0.05, 0.1) is 6.61 Å². The van der Waals surface area contributed by atoms with Crippen molar-refractivity contribution < 1.29 is 9.84 Å². The summed E-state index contributed by atoms with van der Waals surface area (Å²) in [5.74, 6) is 7.12. The quantitative estimate of drug-likeness (QED) is 0.516. The smallest absolute Gasteiger partial charge is 0.119 e. The molecule has 0 atom stereocenters. The molecule has 0 aromatic heterocycles. The van der Waals surface area contributed by atoms with E-state index >= 15 is 0 Å². The predicted molar refractivity (Wildman–Crippen MR) is 88.1 cm³/mol. The number of benzene rings is 2. The van der Waals surface area contributed by atoms with Crippen molar-refractivity contribution in [3.8, 4) is 17.6 Å². The van der Waals surface area contributed by atoms with Gasteiger partial charge in [-0.3, -0.25) is 0 Å². The normalized spacial score (nSPS) is 9.81. The minimum atomic E-state index is -0.126. The molecular weight excluding hydrogens is 304 g/mol. The van der Waals surface area contributed by atoms with Crippen molar-refractivity contribution in [3.63, 3.8) is 0 Å². The number of aliphatic hydroxyl groups is 1. The summed E-state index contributed by atoms with van der Waals surface area (Å²) in [6.45, 7) is 0.498. The summed E-state index contributed by atoms with van der Waals surface area (Å²) in [6, 6.07) is 15.3. The molecule has 0 aliphatic carbocycles. The zero-order chi connectivity index (χ0) is 14.9. The van der Waals surface area contributed by atoms with Crippen molar-refractivity contribution in [1.82, 2.24) is 0 Å². The number of hydrogen-bond acceptors (Lipinski definition) is 3. The van der Waals surface area contributed by atoms with Crippen molar-refractivity contribution in [1.29, 1.82) is 0 Å². The molecule has 0 fully saturated rings. The van der Waals surface area contributed by atoms with Gasteiger partial charge in [0.1, 0.15) is 12.4 Å². The van der Waals surface area contributed by atoms with Crippen molar-refractivity contribution in [2.24, 2.45) is 0 Å². The van der Waals surface area contributed by atoms with Gasteiger partial charge in [-0.25, -0.2) is 0 Å². The Morgan fingerprint density at radius 3 is 2.67 bits per heavy atom. The summed E-state index contributed by atoms with van der Waals surface area (Å²) in [4.78, 5) is 1.14. The monoisotopic (exact) mass is 318 g/mol. The van der Waals surface area contributed by atoms with Gasteiger partial charge in [0.2, 0.25) is 0 Å². The number of ether oxygens (including phenoxy) is 1. The first-order valence-electron chi connectivity index (χ1n) is 6.49. The SMILES string of the molecule is OCC#Cc1ccc(OCCSc2cccc(Cl)c2)cc1. The molecule has 2 aromatic rings. The summed E-state index contributed by atoms with van der Waals surface area (Å²) in [7, 11) is 0. The lowest BCUT2D eigenvalue weighted by Crippen LogP contribution is -1.99. The lowest BCUT2D eigenvalue weighted by molar-refractivity contribution is 0.344. The first-order valence-corrected chi connectivity index (χ1v) is 7.85. The van der Waals surface area contributed by atoms with Gasteiger partial charge in [-0.15, -0.1) is 11.8 Å². The Morgan fingerprint density at radius 2 is 1.95 bits per heavy atom. The van der Waals surface area contributed by atoms with Crippen LogP contribution in [-0.4, -0.2) is 24.1 Å². The van der Waals surface area contributed by atoms with Crippen LogP contribution in [0.25, 0.3) is 0 Å². The van der Waals surface area contributed by atoms with Crippen LogP contribution < -0.4 is 4.74 Å². The van der Waals surface area contributed by atoms with Gasteiger partial charge in [-0.05, 0) is 42.5 Å². The fourth-order valence-corrected chi connectivity index (χ4v) is 2.69. The van der Waals surface area contributed by atoms with Gasteiger partial charge in [0.25, 0.3) is 0 Å². The highest BCUT2D eigenvalue weighted by molar-refractivity contribution is 7.99. The second-order valence-corrected chi connectivity index (χ2v) is 5.74. The van der Waals surface area contributed by atoms with Crippen LogP contribution in [0.2, 0.25) is 5.02 Å². The highest BCUT2D eigenvalue weighted by atomic mass is 35.5. The summed E-state index contributed by atoms with van der Waals surface area (Å²) in [5.41, 5.74) is 0.865. The van der Waals surface area contributed by atoms with Crippen molar-refractivity contribution in [2.75, 3.05) is 19.0 Å². The van der Waals surface area contributed by atoms with E-state index in [4.69, 9.17) is 21.4 Å². The molecular formula is C17H15ClO2S. The summed E-state index contributed by atoms with van der Waals surface area (Å²) in [5, 5.41) is 9.38. The van der Waals surface area contributed by atoms with E-state index in [9.17, 15) is 0 Å². The lowest BCUT2D eigenvalue weighted by atomic mass is 10.2. The van der Waals surface area contributed by atoms with Gasteiger partial charge in [-0.2, -0.15) is 0 Å². The van der Waals surface area contributed by atoms with Gasteiger partial charge in [0, 0.05) is 21.2 Å². The summed E-state index contributed by atoms with van der Waals surface area (Å²) in [6.07, 6.45) is 0. The maximum Gasteiger partial charge on any atom is 0.119 e. The summed E-state index contributed by atoms with van der Waals surface area (Å²) >= 11 is 7.64. The number of rotatable bonds is 5. The molecule has 0 spiro atoms. The van der Waals surface area contributed by atoms with Crippen molar-refractivity contribution in [2.45, 2.75) is 4.90 Å². The average Bonchev–Trinajstić information content (AvgIpc) is 2.51. The molecule has 108 valence electrons. The zero-order valence-corrected chi connectivity index (χ0v) is 13.0. The molecule has 0 bridgehead atoms. The van der Waals surface area contributed by atoms with Crippen LogP contribution in [0.15, 0.2) is 53.4 Å². The maximum atomic E-state index is 8.63. The minimum absolute atomic E-state index is 0.126. The fraction of sp³-hybridized carbons (Fsp3) is 0.176. The Bertz CT molecular complexity index is 629. The van der Waals surface area contributed by atoms with Crippen LogP contribution in [0.4, 0.5) is 0 Å². The molecule has 1 N–H and O–H groups in total. The Labute approximate surface area is 134 Å². The Hall–Kier alpha value is -1.60. The van der Waals surface area contributed by atoms with Gasteiger partial charge < -0.3 is 9.84 Å². The highest BCUT2D eigenvalue weighted by Gasteiger charge is 1.97. The largest absolute Gasteiger partial charge is 0.493 e. The molecule has 0 saturated carbocycles.